The minimum Gasteiger partial charge on any atom is -0.324 e. The number of nitrogens with two attached hydrogens (primary N) is 1. The van der Waals surface area contributed by atoms with Gasteiger partial charge in [-0.3, -0.25) is 5.84 Å². The molecule has 0 radical (unpaired) electrons. The Morgan fingerprint density at radius 1 is 0.933 bits per heavy atom. The number of halogens is 1. The highest BCUT2D eigenvalue weighted by molar-refractivity contribution is 6.30. The molecule has 0 heterocycles. The summed E-state index contributed by atoms with van der Waals surface area (Å²) in [6.07, 6.45) is 0. The fourth-order valence-corrected chi connectivity index (χ4v) is 1.56. The average Bonchev–Trinajstić information content (AvgIpc) is 2.30. The maximum Gasteiger partial charge on any atom is 0.0491 e. The van der Waals surface area contributed by atoms with Crippen LogP contribution in [0.4, 0.5) is 5.69 Å². The van der Waals surface area contributed by atoms with Crippen molar-refractivity contribution in [1.82, 2.24) is 0 Å². The molecule has 0 unspecified atom stereocenters. The van der Waals surface area contributed by atoms with Crippen molar-refractivity contribution in [1.29, 1.82) is 0 Å². The van der Waals surface area contributed by atoms with Crippen LogP contribution in [0, 0.1) is 0 Å². The number of nitrogens with one attached hydrogen (secondary N) is 1. The third-order valence-corrected chi connectivity index (χ3v) is 2.46. The van der Waals surface area contributed by atoms with Gasteiger partial charge in [0, 0.05) is 10.7 Å². The molecule has 2 aromatic carbocycles. The molecule has 0 saturated heterocycles. The lowest BCUT2D eigenvalue weighted by molar-refractivity contribution is 1.35. The first-order valence-electron chi connectivity index (χ1n) is 4.62. The van der Waals surface area contributed by atoms with Gasteiger partial charge in [0.15, 0.2) is 0 Å². The second-order valence-corrected chi connectivity index (χ2v) is 3.67. The molecule has 15 heavy (non-hydrogen) atoms. The van der Waals surface area contributed by atoms with Crippen LogP contribution in [-0.4, -0.2) is 0 Å². The van der Waals surface area contributed by atoms with Crippen molar-refractivity contribution >= 4 is 17.3 Å². The van der Waals surface area contributed by atoms with Gasteiger partial charge in [0.1, 0.15) is 0 Å². The van der Waals surface area contributed by atoms with Crippen molar-refractivity contribution in [2.75, 3.05) is 5.43 Å². The molecule has 0 atom stereocenters. The predicted molar refractivity (Wildman–Crippen MR) is 64.7 cm³/mol. The summed E-state index contributed by atoms with van der Waals surface area (Å²) in [5, 5.41) is 0.742. The number of hydrazine groups is 1. The van der Waals surface area contributed by atoms with Crippen molar-refractivity contribution in [3.63, 3.8) is 0 Å². The van der Waals surface area contributed by atoms with Gasteiger partial charge >= 0.3 is 0 Å². The summed E-state index contributed by atoms with van der Waals surface area (Å²) < 4.78 is 0. The van der Waals surface area contributed by atoms with E-state index in [1.165, 1.54) is 0 Å². The summed E-state index contributed by atoms with van der Waals surface area (Å²) in [5.74, 6) is 5.35. The van der Waals surface area contributed by atoms with Gasteiger partial charge in [0.05, 0.1) is 0 Å². The smallest absolute Gasteiger partial charge is 0.0491 e. The van der Waals surface area contributed by atoms with E-state index < -0.39 is 0 Å². The van der Waals surface area contributed by atoms with E-state index in [2.05, 4.69) is 5.43 Å². The molecule has 0 spiro atoms. The molecule has 2 nitrogen and oxygen atoms in total. The van der Waals surface area contributed by atoms with Crippen LogP contribution in [0.25, 0.3) is 11.1 Å². The molecule has 0 fully saturated rings. The summed E-state index contributed by atoms with van der Waals surface area (Å²) in [7, 11) is 0. The van der Waals surface area contributed by atoms with Crippen LogP contribution < -0.4 is 11.3 Å². The van der Waals surface area contributed by atoms with Gasteiger partial charge in [0.25, 0.3) is 0 Å². The van der Waals surface area contributed by atoms with Crippen LogP contribution in [0.15, 0.2) is 48.5 Å². The molecule has 3 N–H and O–H groups in total. The van der Waals surface area contributed by atoms with E-state index in [0.29, 0.717) is 0 Å². The van der Waals surface area contributed by atoms with Crippen LogP contribution >= 0.6 is 11.6 Å². The molecular weight excluding hydrogens is 208 g/mol. The van der Waals surface area contributed by atoms with Gasteiger partial charge < -0.3 is 5.43 Å². The number of benzene rings is 2. The van der Waals surface area contributed by atoms with Gasteiger partial charge in [-0.2, -0.15) is 0 Å². The normalized spacial score (nSPS) is 10.0. The van der Waals surface area contributed by atoms with Crippen molar-refractivity contribution in [2.24, 2.45) is 5.84 Å². The van der Waals surface area contributed by atoms with E-state index in [1.807, 2.05) is 48.5 Å². The molecular formula is C12H11ClN2. The first kappa shape index (κ1) is 10.0. The predicted octanol–water partition coefficient (Wildman–Crippen LogP) is 3.29. The third kappa shape index (κ3) is 2.29. The highest BCUT2D eigenvalue weighted by atomic mass is 35.5. The Morgan fingerprint density at radius 3 is 2.33 bits per heavy atom. The Labute approximate surface area is 93.7 Å². The molecule has 76 valence electrons. The number of rotatable bonds is 2. The van der Waals surface area contributed by atoms with Crippen LogP contribution in [0.2, 0.25) is 5.02 Å². The molecule has 0 amide bonds. The monoisotopic (exact) mass is 218 g/mol. The minimum atomic E-state index is 0.742. The maximum atomic E-state index is 5.83. The van der Waals surface area contributed by atoms with Crippen molar-refractivity contribution in [3.8, 4) is 11.1 Å². The molecule has 3 heteroatoms. The van der Waals surface area contributed by atoms with Crippen molar-refractivity contribution in [3.05, 3.63) is 53.6 Å². The highest BCUT2D eigenvalue weighted by Crippen LogP contribution is 2.23. The topological polar surface area (TPSA) is 38.0 Å². The lowest BCUT2D eigenvalue weighted by Gasteiger charge is -2.04. The maximum absolute atomic E-state index is 5.83. The highest BCUT2D eigenvalue weighted by Gasteiger charge is 1.98. The first-order chi connectivity index (χ1) is 7.29. The zero-order valence-electron chi connectivity index (χ0n) is 8.07. The van der Waals surface area contributed by atoms with E-state index in [1.54, 1.807) is 0 Å². The van der Waals surface area contributed by atoms with E-state index >= 15 is 0 Å². The minimum absolute atomic E-state index is 0.742. The number of hydrogen-bond acceptors (Lipinski definition) is 2. The van der Waals surface area contributed by atoms with Crippen molar-refractivity contribution < 1.29 is 0 Å². The van der Waals surface area contributed by atoms with Gasteiger partial charge in [-0.1, -0.05) is 35.9 Å². The lowest BCUT2D eigenvalue weighted by atomic mass is 10.1. The summed E-state index contributed by atoms with van der Waals surface area (Å²) in [6, 6.07) is 15.6. The quantitative estimate of drug-likeness (QED) is 0.600. The Hall–Kier alpha value is -1.51. The third-order valence-electron chi connectivity index (χ3n) is 2.21. The molecule has 2 rings (SSSR count). The zero-order valence-corrected chi connectivity index (χ0v) is 8.83. The van der Waals surface area contributed by atoms with Crippen LogP contribution in [-0.2, 0) is 0 Å². The largest absolute Gasteiger partial charge is 0.324 e. The lowest BCUT2D eigenvalue weighted by Crippen LogP contribution is -2.06. The SMILES string of the molecule is NNc1cccc(-c2ccc(Cl)cc2)c1. The van der Waals surface area contributed by atoms with E-state index in [0.717, 1.165) is 21.8 Å². The van der Waals surface area contributed by atoms with Gasteiger partial charge in [-0.15, -0.1) is 0 Å². The second-order valence-electron chi connectivity index (χ2n) is 3.23. The number of nitrogen functional groups attached to an aromatic ring is 1. The average molecular weight is 219 g/mol. The number of hydrogen-bond donors (Lipinski definition) is 2. The Kier molecular flexibility index (Phi) is 2.90. The number of anilines is 1. The van der Waals surface area contributed by atoms with Gasteiger partial charge in [-0.25, -0.2) is 0 Å². The molecule has 2 aromatic rings. The standard InChI is InChI=1S/C12H11ClN2/c13-11-6-4-9(5-7-11)10-2-1-3-12(8-10)15-14/h1-8,15H,14H2. The van der Waals surface area contributed by atoms with E-state index in [4.69, 9.17) is 17.4 Å². The van der Waals surface area contributed by atoms with E-state index in [9.17, 15) is 0 Å². The molecule has 0 aromatic heterocycles. The van der Waals surface area contributed by atoms with Crippen LogP contribution in [0.3, 0.4) is 0 Å². The Bertz CT molecular complexity index is 451. The molecule has 0 aliphatic carbocycles. The van der Waals surface area contributed by atoms with Crippen LogP contribution in [0.5, 0.6) is 0 Å². The first-order valence-corrected chi connectivity index (χ1v) is 5.00. The summed E-state index contributed by atoms with van der Waals surface area (Å²) in [4.78, 5) is 0. The molecule has 0 bridgehead atoms. The fraction of sp³-hybridized carbons (Fsp3) is 0. The van der Waals surface area contributed by atoms with Crippen LogP contribution in [0.1, 0.15) is 0 Å². The van der Waals surface area contributed by atoms with Crippen molar-refractivity contribution in [2.45, 2.75) is 0 Å². The van der Waals surface area contributed by atoms with E-state index in [-0.39, 0.29) is 0 Å². The Morgan fingerprint density at radius 2 is 1.67 bits per heavy atom. The fourth-order valence-electron chi connectivity index (χ4n) is 1.43. The Balaban J connectivity index is 2.40. The summed E-state index contributed by atoms with van der Waals surface area (Å²) in [5.41, 5.74) is 5.75. The zero-order chi connectivity index (χ0) is 10.7. The second kappa shape index (κ2) is 4.34. The molecule has 0 saturated carbocycles. The van der Waals surface area contributed by atoms with Gasteiger partial charge in [0.2, 0.25) is 0 Å². The summed E-state index contributed by atoms with van der Waals surface area (Å²) >= 11 is 5.83. The molecule has 0 aliphatic rings. The molecule has 0 aliphatic heterocycles. The summed E-state index contributed by atoms with van der Waals surface area (Å²) in [6.45, 7) is 0. The van der Waals surface area contributed by atoms with Gasteiger partial charge in [-0.05, 0) is 35.4 Å².